The largest absolute Gasteiger partial charge is 0.372 e. The fourth-order valence-corrected chi connectivity index (χ4v) is 3.48. The molecule has 4 rings (SSSR count). The molecule has 1 amide bonds. The summed E-state index contributed by atoms with van der Waals surface area (Å²) in [7, 11) is 3.84. The molecule has 0 N–H and O–H groups in total. The van der Waals surface area contributed by atoms with E-state index in [4.69, 9.17) is 0 Å². The normalized spacial score (nSPS) is 17.5. The summed E-state index contributed by atoms with van der Waals surface area (Å²) in [5.41, 5.74) is 4.03. The van der Waals surface area contributed by atoms with E-state index in [1.165, 1.54) is 5.69 Å². The maximum Gasteiger partial charge on any atom is 0.256 e. The Labute approximate surface area is 145 Å². The molecule has 0 unspecified atom stereocenters. The van der Waals surface area contributed by atoms with Crippen LogP contribution in [0.1, 0.15) is 22.8 Å². The van der Waals surface area contributed by atoms with E-state index < -0.39 is 0 Å². The van der Waals surface area contributed by atoms with E-state index in [0.29, 0.717) is 23.3 Å². The molecule has 2 aromatic heterocycles. The monoisotopic (exact) mass is 336 g/mol. The summed E-state index contributed by atoms with van der Waals surface area (Å²) in [4.78, 5) is 21.7. The standard InChI is InChI=1S/C18H20N6O/c1-12-10-22(2)15-7-5-4-6-13(15)11-24(12)18(25)14-8-9-19-17-16(14)20-21-23(17)3/h4-9,12H,10-11H2,1-3H3/t12-/m0/s1. The third-order valence-corrected chi connectivity index (χ3v) is 4.80. The topological polar surface area (TPSA) is 67.2 Å². The van der Waals surface area contributed by atoms with Crippen molar-refractivity contribution in [3.63, 3.8) is 0 Å². The predicted molar refractivity (Wildman–Crippen MR) is 95.4 cm³/mol. The number of nitrogens with zero attached hydrogens (tertiary/aromatic N) is 6. The summed E-state index contributed by atoms with van der Waals surface area (Å²) >= 11 is 0. The summed E-state index contributed by atoms with van der Waals surface area (Å²) in [6, 6.07) is 10.0. The number of carbonyl (C=O) groups excluding carboxylic acids is 1. The summed E-state index contributed by atoms with van der Waals surface area (Å²) in [5, 5.41) is 8.13. The molecule has 0 spiro atoms. The minimum Gasteiger partial charge on any atom is -0.372 e. The number of hydrogen-bond acceptors (Lipinski definition) is 5. The highest BCUT2D eigenvalue weighted by atomic mass is 16.2. The number of benzene rings is 1. The number of likely N-dealkylation sites (N-methyl/N-ethyl adjacent to an activating group) is 1. The quantitative estimate of drug-likeness (QED) is 0.678. The van der Waals surface area contributed by atoms with Crippen LogP contribution in [0.2, 0.25) is 0 Å². The van der Waals surface area contributed by atoms with E-state index in [1.54, 1.807) is 24.0 Å². The molecule has 0 aliphatic carbocycles. The van der Waals surface area contributed by atoms with E-state index in [-0.39, 0.29) is 11.9 Å². The second kappa shape index (κ2) is 5.84. The number of hydrogen-bond donors (Lipinski definition) is 0. The Bertz CT molecular complexity index is 950. The zero-order valence-electron chi connectivity index (χ0n) is 14.5. The predicted octanol–water partition coefficient (Wildman–Crippen LogP) is 1.84. The van der Waals surface area contributed by atoms with Crippen molar-refractivity contribution in [2.45, 2.75) is 19.5 Å². The van der Waals surface area contributed by atoms with Crippen molar-refractivity contribution >= 4 is 22.8 Å². The fraction of sp³-hybridized carbons (Fsp3) is 0.333. The van der Waals surface area contributed by atoms with Gasteiger partial charge in [0, 0.05) is 45.1 Å². The van der Waals surface area contributed by atoms with Crippen LogP contribution in [0.4, 0.5) is 5.69 Å². The van der Waals surface area contributed by atoms with Crippen molar-refractivity contribution in [3.8, 4) is 0 Å². The Morgan fingerprint density at radius 3 is 2.84 bits per heavy atom. The highest BCUT2D eigenvalue weighted by molar-refractivity contribution is 6.04. The molecular formula is C18H20N6O. The first-order valence-corrected chi connectivity index (χ1v) is 8.30. The van der Waals surface area contributed by atoms with Gasteiger partial charge in [-0.05, 0) is 24.6 Å². The molecule has 1 aliphatic heterocycles. The molecule has 0 saturated carbocycles. The fourth-order valence-electron chi connectivity index (χ4n) is 3.48. The number of aryl methyl sites for hydroxylation is 1. The Morgan fingerprint density at radius 1 is 1.20 bits per heavy atom. The van der Waals surface area contributed by atoms with Crippen molar-refractivity contribution in [2.24, 2.45) is 7.05 Å². The minimum absolute atomic E-state index is 0.0366. The number of amides is 1. The smallest absolute Gasteiger partial charge is 0.256 e. The van der Waals surface area contributed by atoms with E-state index in [0.717, 1.165) is 12.1 Å². The lowest BCUT2D eigenvalue weighted by Crippen LogP contribution is -2.42. The third kappa shape index (κ3) is 2.52. The van der Waals surface area contributed by atoms with Gasteiger partial charge in [0.25, 0.3) is 5.91 Å². The Hall–Kier alpha value is -2.96. The maximum absolute atomic E-state index is 13.3. The van der Waals surface area contributed by atoms with Crippen LogP contribution in [0.25, 0.3) is 11.2 Å². The zero-order valence-corrected chi connectivity index (χ0v) is 14.5. The Balaban J connectivity index is 1.76. The van der Waals surface area contributed by atoms with Crippen LogP contribution < -0.4 is 4.90 Å². The molecule has 1 aromatic carbocycles. The van der Waals surface area contributed by atoms with Gasteiger partial charge in [0.05, 0.1) is 5.56 Å². The number of aromatic nitrogens is 4. The van der Waals surface area contributed by atoms with E-state index in [2.05, 4.69) is 46.3 Å². The lowest BCUT2D eigenvalue weighted by atomic mass is 10.1. The van der Waals surface area contributed by atoms with Crippen molar-refractivity contribution in [1.82, 2.24) is 24.9 Å². The van der Waals surface area contributed by atoms with Crippen molar-refractivity contribution in [2.75, 3.05) is 18.5 Å². The Morgan fingerprint density at radius 2 is 2.00 bits per heavy atom. The van der Waals surface area contributed by atoms with Crippen LogP contribution >= 0.6 is 0 Å². The van der Waals surface area contributed by atoms with Crippen LogP contribution in [-0.4, -0.2) is 50.4 Å². The summed E-state index contributed by atoms with van der Waals surface area (Å²) in [5.74, 6) is -0.0366. The van der Waals surface area contributed by atoms with Gasteiger partial charge in [-0.3, -0.25) is 4.79 Å². The molecule has 1 atom stereocenters. The highest BCUT2D eigenvalue weighted by Gasteiger charge is 2.29. The molecule has 0 radical (unpaired) electrons. The third-order valence-electron chi connectivity index (χ3n) is 4.80. The zero-order chi connectivity index (χ0) is 17.6. The van der Waals surface area contributed by atoms with Crippen molar-refractivity contribution in [3.05, 3.63) is 47.7 Å². The van der Waals surface area contributed by atoms with Gasteiger partial charge in [-0.25, -0.2) is 9.67 Å². The van der Waals surface area contributed by atoms with Gasteiger partial charge in [0.1, 0.15) is 5.52 Å². The van der Waals surface area contributed by atoms with Gasteiger partial charge >= 0.3 is 0 Å². The summed E-state index contributed by atoms with van der Waals surface area (Å²) in [6.07, 6.45) is 1.64. The average Bonchev–Trinajstić information content (AvgIpc) is 2.94. The van der Waals surface area contributed by atoms with E-state index >= 15 is 0 Å². The van der Waals surface area contributed by atoms with Gasteiger partial charge in [-0.15, -0.1) is 5.10 Å². The molecule has 7 heteroatoms. The van der Waals surface area contributed by atoms with Crippen LogP contribution in [0.3, 0.4) is 0 Å². The lowest BCUT2D eigenvalue weighted by Gasteiger charge is -2.28. The molecule has 3 heterocycles. The first-order chi connectivity index (χ1) is 12.1. The van der Waals surface area contributed by atoms with E-state index in [1.807, 2.05) is 17.0 Å². The van der Waals surface area contributed by atoms with Crippen molar-refractivity contribution < 1.29 is 4.79 Å². The number of para-hydroxylation sites is 1. The minimum atomic E-state index is -0.0366. The first kappa shape index (κ1) is 15.6. The lowest BCUT2D eigenvalue weighted by molar-refractivity contribution is 0.0689. The number of carbonyl (C=O) groups is 1. The van der Waals surface area contributed by atoms with Gasteiger partial charge < -0.3 is 9.80 Å². The highest BCUT2D eigenvalue weighted by Crippen LogP contribution is 2.27. The number of pyridine rings is 1. The maximum atomic E-state index is 13.3. The Kier molecular flexibility index (Phi) is 3.63. The van der Waals surface area contributed by atoms with Crippen LogP contribution in [0.5, 0.6) is 0 Å². The molecule has 3 aromatic rings. The van der Waals surface area contributed by atoms with E-state index in [9.17, 15) is 4.79 Å². The average molecular weight is 336 g/mol. The van der Waals surface area contributed by atoms with Crippen molar-refractivity contribution in [1.29, 1.82) is 0 Å². The number of rotatable bonds is 1. The molecule has 0 saturated heterocycles. The molecule has 7 nitrogen and oxygen atoms in total. The molecule has 0 bridgehead atoms. The number of fused-ring (bicyclic) bond motifs is 2. The van der Waals surface area contributed by atoms with Gasteiger partial charge in [0.15, 0.2) is 5.65 Å². The molecular weight excluding hydrogens is 316 g/mol. The second-order valence-corrected chi connectivity index (χ2v) is 6.54. The van der Waals surface area contributed by atoms with Gasteiger partial charge in [0.2, 0.25) is 0 Å². The number of anilines is 1. The first-order valence-electron chi connectivity index (χ1n) is 8.30. The van der Waals surface area contributed by atoms with Gasteiger partial charge in [-0.2, -0.15) is 0 Å². The van der Waals surface area contributed by atoms with Crippen LogP contribution in [0, 0.1) is 0 Å². The second-order valence-electron chi connectivity index (χ2n) is 6.54. The molecule has 1 aliphatic rings. The van der Waals surface area contributed by atoms with Crippen LogP contribution in [0.15, 0.2) is 36.5 Å². The van der Waals surface area contributed by atoms with Crippen LogP contribution in [-0.2, 0) is 13.6 Å². The molecule has 25 heavy (non-hydrogen) atoms. The summed E-state index contributed by atoms with van der Waals surface area (Å²) < 4.78 is 1.58. The molecule has 0 fully saturated rings. The van der Waals surface area contributed by atoms with Gasteiger partial charge in [-0.1, -0.05) is 23.4 Å². The molecule has 128 valence electrons. The summed E-state index contributed by atoms with van der Waals surface area (Å²) in [6.45, 7) is 3.43. The SMILES string of the molecule is C[C@H]1CN(C)c2ccccc2CN1C(=O)c1ccnc2c1nnn2C.